The van der Waals surface area contributed by atoms with Crippen molar-refractivity contribution in [3.8, 4) is 0 Å². The normalized spacial score (nSPS) is 42.4. The molecule has 0 radical (unpaired) electrons. The van der Waals surface area contributed by atoms with Crippen LogP contribution < -0.4 is 0 Å². The molecule has 0 saturated carbocycles. The Kier molecular flexibility index (Phi) is 3.95. The van der Waals surface area contributed by atoms with E-state index in [1.165, 1.54) is 7.11 Å². The smallest absolute Gasteiger partial charge is 0.186 e. The van der Waals surface area contributed by atoms with E-state index in [0.717, 1.165) is 0 Å². The van der Waals surface area contributed by atoms with E-state index in [2.05, 4.69) is 0 Å². The first-order valence-corrected chi connectivity index (χ1v) is 4.74. The number of aliphatic hydroxyl groups is 1. The first-order valence-electron chi connectivity index (χ1n) is 6.86. The van der Waals surface area contributed by atoms with Crippen molar-refractivity contribution in [2.45, 2.75) is 30.7 Å². The lowest BCUT2D eigenvalue weighted by Gasteiger charge is -2.42. The lowest BCUT2D eigenvalue weighted by molar-refractivity contribution is -0.302. The molecule has 1 aliphatic heterocycles. The third-order valence-corrected chi connectivity index (χ3v) is 2.51. The van der Waals surface area contributed by atoms with Crippen LogP contribution in [0.2, 0.25) is 0 Å². The van der Waals surface area contributed by atoms with Crippen LogP contribution in [0.25, 0.3) is 0 Å². The predicted octanol–water partition coefficient (Wildman–Crippen LogP) is -0.605. The van der Waals surface area contributed by atoms with Crippen LogP contribution in [-0.4, -0.2) is 70.8 Å². The zero-order chi connectivity index (χ0) is 14.3. The van der Waals surface area contributed by atoms with Crippen LogP contribution >= 0.6 is 0 Å². The van der Waals surface area contributed by atoms with Crippen molar-refractivity contribution < 1.29 is 32.9 Å². The van der Waals surface area contributed by atoms with Gasteiger partial charge in [0.15, 0.2) is 6.29 Å². The number of rotatable bonds is 5. The SMILES string of the molecule is [2H]COC[C@H]1OC(OC)[C@H](O)[C@@H](OC[2H])[C@@H]1OC[2H]. The van der Waals surface area contributed by atoms with E-state index in [4.69, 9.17) is 27.8 Å². The second kappa shape index (κ2) is 6.48. The van der Waals surface area contributed by atoms with Crippen LogP contribution in [0.15, 0.2) is 0 Å². The van der Waals surface area contributed by atoms with Gasteiger partial charge in [-0.1, -0.05) is 0 Å². The van der Waals surface area contributed by atoms with Crippen molar-refractivity contribution in [3.05, 3.63) is 0 Å². The number of hydrogen-bond donors (Lipinski definition) is 1. The molecule has 1 saturated heterocycles. The molecule has 6 nitrogen and oxygen atoms in total. The molecule has 1 aliphatic rings. The average Bonchev–Trinajstić information content (AvgIpc) is 2.42. The Labute approximate surface area is 99.6 Å². The highest BCUT2D eigenvalue weighted by Gasteiger charge is 2.46. The lowest BCUT2D eigenvalue weighted by atomic mass is 9.99. The molecule has 0 aromatic rings. The summed E-state index contributed by atoms with van der Waals surface area (Å²) in [5, 5.41) is 10.0. The van der Waals surface area contributed by atoms with Crippen LogP contribution in [0.5, 0.6) is 0 Å². The maximum atomic E-state index is 10.0. The minimum atomic E-state index is -1.13. The van der Waals surface area contributed by atoms with Crippen molar-refractivity contribution in [2.75, 3.05) is 35.0 Å². The van der Waals surface area contributed by atoms with E-state index < -0.39 is 30.7 Å². The number of aliphatic hydroxyl groups excluding tert-OH is 1. The summed E-state index contributed by atoms with van der Waals surface area (Å²) in [5.74, 6) is 0. The Morgan fingerprint density at radius 1 is 1.19 bits per heavy atom. The van der Waals surface area contributed by atoms with Gasteiger partial charge in [0.05, 0.1) is 10.7 Å². The van der Waals surface area contributed by atoms with Gasteiger partial charge in [-0.25, -0.2) is 0 Å². The summed E-state index contributed by atoms with van der Waals surface area (Å²) in [7, 11) is 0.438. The van der Waals surface area contributed by atoms with E-state index in [1.54, 1.807) is 0 Å². The molecule has 1 N–H and O–H groups in total. The molecule has 1 heterocycles. The Hall–Kier alpha value is -0.240. The fraction of sp³-hybridized carbons (Fsp3) is 1.00. The molecular weight excluding hydrogens is 216 g/mol. The molecule has 0 bridgehead atoms. The molecule has 1 rings (SSSR count). The first kappa shape index (κ1) is 9.76. The third-order valence-electron chi connectivity index (χ3n) is 2.51. The van der Waals surface area contributed by atoms with Crippen molar-refractivity contribution in [2.24, 2.45) is 0 Å². The minimum absolute atomic E-state index is 0.0542. The maximum Gasteiger partial charge on any atom is 0.186 e. The molecule has 16 heavy (non-hydrogen) atoms. The third kappa shape index (κ3) is 2.71. The Bertz CT molecular complexity index is 247. The van der Waals surface area contributed by atoms with Crippen LogP contribution in [-0.2, 0) is 23.7 Å². The highest BCUT2D eigenvalue weighted by atomic mass is 16.7. The van der Waals surface area contributed by atoms with Crippen LogP contribution in [0.3, 0.4) is 0 Å². The van der Waals surface area contributed by atoms with Gasteiger partial charge in [0.2, 0.25) is 0 Å². The van der Waals surface area contributed by atoms with Crippen molar-refractivity contribution in [3.63, 3.8) is 0 Å². The molecule has 96 valence electrons. The van der Waals surface area contributed by atoms with Gasteiger partial charge >= 0.3 is 0 Å². The lowest BCUT2D eigenvalue weighted by Crippen LogP contribution is -2.60. The molecule has 0 aliphatic carbocycles. The standard InChI is InChI=1S/C10H20O6/c1-12-5-6-8(13-2)9(14-3)7(11)10(15-4)16-6/h6-11H,5H2,1-4H3/t6-,7-,8-,9-,10?/m1/s1/i1D,2D,3D. The summed E-state index contributed by atoms with van der Waals surface area (Å²) in [5.41, 5.74) is 0. The largest absolute Gasteiger partial charge is 0.385 e. The molecule has 0 aromatic carbocycles. The molecular formula is C10H20O6. The minimum Gasteiger partial charge on any atom is -0.385 e. The van der Waals surface area contributed by atoms with Crippen molar-refractivity contribution in [1.29, 1.82) is 0 Å². The van der Waals surface area contributed by atoms with E-state index in [1.807, 2.05) is 0 Å². The molecule has 5 atom stereocenters. The van der Waals surface area contributed by atoms with Gasteiger partial charge in [-0.15, -0.1) is 0 Å². The molecule has 6 heteroatoms. The fourth-order valence-corrected chi connectivity index (χ4v) is 1.73. The maximum absolute atomic E-state index is 10.0. The van der Waals surface area contributed by atoms with Gasteiger partial charge in [0.25, 0.3) is 0 Å². The Balaban J connectivity index is 2.80. The van der Waals surface area contributed by atoms with Crippen LogP contribution in [0.4, 0.5) is 0 Å². The molecule has 0 amide bonds. The van der Waals surface area contributed by atoms with Gasteiger partial charge in [0, 0.05) is 28.4 Å². The summed E-state index contributed by atoms with van der Waals surface area (Å²) >= 11 is 0. The Morgan fingerprint density at radius 3 is 2.56 bits per heavy atom. The van der Waals surface area contributed by atoms with E-state index in [9.17, 15) is 5.11 Å². The second-order valence-electron chi connectivity index (χ2n) is 3.40. The predicted molar refractivity (Wildman–Crippen MR) is 55.1 cm³/mol. The molecule has 0 spiro atoms. The van der Waals surface area contributed by atoms with Gasteiger partial charge in [-0.05, 0) is 0 Å². The average molecular weight is 239 g/mol. The zero-order valence-corrected chi connectivity index (χ0v) is 9.20. The van der Waals surface area contributed by atoms with Crippen LogP contribution in [0.1, 0.15) is 4.11 Å². The van der Waals surface area contributed by atoms with Crippen molar-refractivity contribution in [1.82, 2.24) is 0 Å². The first-order chi connectivity index (χ1) is 9.19. The molecule has 1 fully saturated rings. The monoisotopic (exact) mass is 239 g/mol. The topological polar surface area (TPSA) is 66.4 Å². The van der Waals surface area contributed by atoms with E-state index in [-0.39, 0.29) is 27.9 Å². The summed E-state index contributed by atoms with van der Waals surface area (Å²) < 4.78 is 46.9. The van der Waals surface area contributed by atoms with Gasteiger partial charge in [-0.2, -0.15) is 0 Å². The van der Waals surface area contributed by atoms with E-state index >= 15 is 0 Å². The highest BCUT2D eigenvalue weighted by Crippen LogP contribution is 2.25. The molecule has 0 aromatic heterocycles. The second-order valence-corrected chi connectivity index (χ2v) is 3.40. The zero-order valence-electron chi connectivity index (χ0n) is 12.2. The summed E-state index contributed by atoms with van der Waals surface area (Å²) in [6.45, 7) is 0.0542. The summed E-state index contributed by atoms with van der Waals surface area (Å²) in [4.78, 5) is 0. The number of methoxy groups -OCH3 is 4. The van der Waals surface area contributed by atoms with Gasteiger partial charge in [0.1, 0.15) is 24.4 Å². The van der Waals surface area contributed by atoms with Gasteiger partial charge in [-0.3, -0.25) is 0 Å². The quantitative estimate of drug-likeness (QED) is 0.691. The fourth-order valence-electron chi connectivity index (χ4n) is 1.73. The highest BCUT2D eigenvalue weighted by molar-refractivity contribution is 4.91. The summed E-state index contributed by atoms with van der Waals surface area (Å²) in [6, 6.07) is 0. The Morgan fingerprint density at radius 2 is 1.94 bits per heavy atom. The number of ether oxygens (including phenoxy) is 5. The molecule has 1 unspecified atom stereocenters. The number of hydrogen-bond acceptors (Lipinski definition) is 6. The van der Waals surface area contributed by atoms with E-state index in [0.29, 0.717) is 0 Å². The summed E-state index contributed by atoms with van der Waals surface area (Å²) in [6.07, 6.45) is -4.29. The van der Waals surface area contributed by atoms with Gasteiger partial charge < -0.3 is 28.8 Å². The van der Waals surface area contributed by atoms with Crippen LogP contribution in [0, 0.1) is 0 Å². The van der Waals surface area contributed by atoms with Crippen molar-refractivity contribution >= 4 is 0 Å².